The molecular weight excluding hydrogens is 334 g/mol. The molecule has 3 rings (SSSR count). The van der Waals surface area contributed by atoms with Crippen LogP contribution in [-0.2, 0) is 4.79 Å². The van der Waals surface area contributed by atoms with E-state index in [0.29, 0.717) is 5.57 Å². The average Bonchev–Trinajstić information content (AvgIpc) is 2.73. The van der Waals surface area contributed by atoms with Gasteiger partial charge in [-0.1, -0.05) is 66.7 Å². The number of benzene rings is 3. The molecule has 0 aromatic heterocycles. The Bertz CT molecular complexity index is 1020. The van der Waals surface area contributed by atoms with Crippen LogP contribution in [-0.4, -0.2) is 20.1 Å². The van der Waals surface area contributed by atoms with E-state index in [4.69, 9.17) is 4.74 Å². The number of hydrogen-bond donors (Lipinski definition) is 1. The molecule has 1 amide bonds. The summed E-state index contributed by atoms with van der Waals surface area (Å²) in [5.41, 5.74) is 3.69. The number of fused-ring (bicyclic) bond motifs is 1. The molecule has 1 N–H and O–H groups in total. The number of carbonyl (C=O) groups is 1. The van der Waals surface area contributed by atoms with Crippen molar-refractivity contribution in [1.82, 2.24) is 5.32 Å². The molecule has 0 atom stereocenters. The number of likely N-dealkylation sites (N-methyl/N-ethyl adjacent to an activating group) is 1. The second-order valence-electron chi connectivity index (χ2n) is 6.25. The molecule has 0 bridgehead atoms. The van der Waals surface area contributed by atoms with Gasteiger partial charge >= 0.3 is 0 Å². The molecule has 0 saturated carbocycles. The standard InChI is InChI=1S/C24H23NO2/c1-17(24(26)25-2)22(18-8-5-4-6-9-18)14-12-19-10-7-11-20-16-21(27-3)13-15-23(19)20/h4-16H,1-3H3,(H,25,26)/b14-12+,22-17-. The van der Waals surface area contributed by atoms with Gasteiger partial charge in [0.15, 0.2) is 0 Å². The molecule has 0 aliphatic heterocycles. The summed E-state index contributed by atoms with van der Waals surface area (Å²) < 4.78 is 5.32. The van der Waals surface area contributed by atoms with Crippen molar-refractivity contribution in [3.63, 3.8) is 0 Å². The maximum absolute atomic E-state index is 12.2. The molecule has 27 heavy (non-hydrogen) atoms. The maximum Gasteiger partial charge on any atom is 0.247 e. The van der Waals surface area contributed by atoms with Crippen molar-refractivity contribution in [3.8, 4) is 5.75 Å². The summed E-state index contributed by atoms with van der Waals surface area (Å²) in [4.78, 5) is 12.2. The van der Waals surface area contributed by atoms with Crippen molar-refractivity contribution in [2.75, 3.05) is 14.2 Å². The van der Waals surface area contributed by atoms with E-state index in [2.05, 4.69) is 29.6 Å². The fraction of sp³-hybridized carbons (Fsp3) is 0.125. The van der Waals surface area contributed by atoms with Crippen LogP contribution in [0.2, 0.25) is 0 Å². The number of carbonyl (C=O) groups excluding carboxylic acids is 1. The number of rotatable bonds is 5. The van der Waals surface area contributed by atoms with Crippen molar-refractivity contribution >= 4 is 28.3 Å². The largest absolute Gasteiger partial charge is 0.497 e. The molecule has 136 valence electrons. The molecular formula is C24H23NO2. The van der Waals surface area contributed by atoms with Crippen LogP contribution in [0.15, 0.2) is 78.4 Å². The zero-order valence-electron chi connectivity index (χ0n) is 15.8. The third kappa shape index (κ3) is 4.09. The summed E-state index contributed by atoms with van der Waals surface area (Å²) in [7, 11) is 3.32. The number of allylic oxidation sites excluding steroid dienone is 2. The highest BCUT2D eigenvalue weighted by Gasteiger charge is 2.09. The van der Waals surface area contributed by atoms with Crippen molar-refractivity contribution in [1.29, 1.82) is 0 Å². The van der Waals surface area contributed by atoms with Crippen LogP contribution in [0.3, 0.4) is 0 Å². The van der Waals surface area contributed by atoms with Gasteiger partial charge in [0.25, 0.3) is 0 Å². The third-order valence-corrected chi connectivity index (χ3v) is 4.61. The van der Waals surface area contributed by atoms with Gasteiger partial charge in [-0.3, -0.25) is 4.79 Å². The third-order valence-electron chi connectivity index (χ3n) is 4.61. The van der Waals surface area contributed by atoms with Gasteiger partial charge in [0, 0.05) is 12.6 Å². The van der Waals surface area contributed by atoms with Gasteiger partial charge in [0.2, 0.25) is 5.91 Å². The minimum absolute atomic E-state index is 0.0823. The lowest BCUT2D eigenvalue weighted by molar-refractivity contribution is -0.116. The minimum Gasteiger partial charge on any atom is -0.497 e. The molecule has 0 aliphatic carbocycles. The molecule has 3 aromatic rings. The first kappa shape index (κ1) is 18.5. The lowest BCUT2D eigenvalue weighted by Crippen LogP contribution is -2.19. The Kier molecular flexibility index (Phi) is 5.72. The van der Waals surface area contributed by atoms with Crippen molar-refractivity contribution < 1.29 is 9.53 Å². The highest BCUT2D eigenvalue weighted by molar-refractivity contribution is 6.04. The van der Waals surface area contributed by atoms with Gasteiger partial charge in [0.05, 0.1) is 7.11 Å². The molecule has 0 aliphatic rings. The van der Waals surface area contributed by atoms with Crippen molar-refractivity contribution in [3.05, 3.63) is 89.5 Å². The zero-order chi connectivity index (χ0) is 19.2. The van der Waals surface area contributed by atoms with Gasteiger partial charge in [0.1, 0.15) is 5.75 Å². The second kappa shape index (κ2) is 8.37. The molecule has 0 heterocycles. The smallest absolute Gasteiger partial charge is 0.247 e. The van der Waals surface area contributed by atoms with Crippen molar-refractivity contribution in [2.45, 2.75) is 6.92 Å². The monoisotopic (exact) mass is 357 g/mol. The summed E-state index contributed by atoms with van der Waals surface area (Å²) in [5.74, 6) is 0.755. The number of hydrogen-bond acceptors (Lipinski definition) is 2. The number of methoxy groups -OCH3 is 1. The first-order chi connectivity index (χ1) is 13.1. The lowest BCUT2D eigenvalue weighted by Gasteiger charge is -2.09. The van der Waals surface area contributed by atoms with Crippen LogP contribution in [0.5, 0.6) is 5.75 Å². The Balaban J connectivity index is 2.08. The molecule has 3 aromatic carbocycles. The van der Waals surface area contributed by atoms with E-state index in [1.807, 2.05) is 61.5 Å². The molecule has 3 nitrogen and oxygen atoms in total. The van der Waals surface area contributed by atoms with Crippen LogP contribution in [0, 0.1) is 0 Å². The average molecular weight is 357 g/mol. The number of amides is 1. The van der Waals surface area contributed by atoms with Gasteiger partial charge in [-0.2, -0.15) is 0 Å². The Morgan fingerprint density at radius 3 is 2.48 bits per heavy atom. The molecule has 3 heteroatoms. The van der Waals surface area contributed by atoms with Gasteiger partial charge < -0.3 is 10.1 Å². The summed E-state index contributed by atoms with van der Waals surface area (Å²) >= 11 is 0. The Morgan fingerprint density at radius 1 is 1.00 bits per heavy atom. The summed E-state index contributed by atoms with van der Waals surface area (Å²) in [6.45, 7) is 1.85. The molecule has 0 radical (unpaired) electrons. The zero-order valence-corrected chi connectivity index (χ0v) is 15.8. The summed E-state index contributed by atoms with van der Waals surface area (Å²) in [6, 6.07) is 22.2. The van der Waals surface area contributed by atoms with Crippen LogP contribution < -0.4 is 10.1 Å². The molecule has 0 saturated heterocycles. The minimum atomic E-state index is -0.0823. The van der Waals surface area contributed by atoms with E-state index < -0.39 is 0 Å². The van der Waals surface area contributed by atoms with E-state index >= 15 is 0 Å². The molecule has 0 unspecified atom stereocenters. The van der Waals surface area contributed by atoms with Crippen LogP contribution in [0.25, 0.3) is 22.4 Å². The Labute approximate surface area is 160 Å². The fourth-order valence-electron chi connectivity index (χ4n) is 3.10. The van der Waals surface area contributed by atoms with Crippen LogP contribution in [0.1, 0.15) is 18.1 Å². The highest BCUT2D eigenvalue weighted by Crippen LogP contribution is 2.27. The van der Waals surface area contributed by atoms with E-state index in [1.54, 1.807) is 14.2 Å². The normalized spacial score (nSPS) is 12.1. The summed E-state index contributed by atoms with van der Waals surface area (Å²) in [6.07, 6.45) is 4.07. The predicted molar refractivity (Wildman–Crippen MR) is 113 cm³/mol. The quantitative estimate of drug-likeness (QED) is 0.511. The number of ether oxygens (including phenoxy) is 1. The van der Waals surface area contributed by atoms with Crippen molar-refractivity contribution in [2.24, 2.45) is 0 Å². The van der Waals surface area contributed by atoms with E-state index in [9.17, 15) is 4.79 Å². The Hall–Kier alpha value is -3.33. The number of nitrogens with one attached hydrogen (secondary N) is 1. The SMILES string of the molecule is CNC(=O)/C(C)=C(/C=C/c1cccc2cc(OC)ccc12)c1ccccc1. The lowest BCUT2D eigenvalue weighted by atomic mass is 9.97. The molecule has 0 fully saturated rings. The predicted octanol–water partition coefficient (Wildman–Crippen LogP) is 5.08. The maximum atomic E-state index is 12.2. The second-order valence-corrected chi connectivity index (χ2v) is 6.25. The van der Waals surface area contributed by atoms with Crippen LogP contribution >= 0.6 is 0 Å². The van der Waals surface area contributed by atoms with Gasteiger partial charge in [-0.05, 0) is 46.5 Å². The Morgan fingerprint density at radius 2 is 1.78 bits per heavy atom. The highest BCUT2D eigenvalue weighted by atomic mass is 16.5. The van der Waals surface area contributed by atoms with Gasteiger partial charge in [-0.25, -0.2) is 0 Å². The van der Waals surface area contributed by atoms with Gasteiger partial charge in [-0.15, -0.1) is 0 Å². The fourth-order valence-corrected chi connectivity index (χ4v) is 3.10. The first-order valence-corrected chi connectivity index (χ1v) is 8.87. The van der Waals surface area contributed by atoms with E-state index in [-0.39, 0.29) is 5.91 Å². The summed E-state index contributed by atoms with van der Waals surface area (Å²) in [5, 5.41) is 4.96. The molecule has 0 spiro atoms. The van der Waals surface area contributed by atoms with E-state index in [1.165, 1.54) is 0 Å². The first-order valence-electron chi connectivity index (χ1n) is 8.87. The van der Waals surface area contributed by atoms with E-state index in [0.717, 1.165) is 33.2 Å². The van der Waals surface area contributed by atoms with Crippen LogP contribution in [0.4, 0.5) is 0 Å². The topological polar surface area (TPSA) is 38.3 Å².